The zero-order valence-electron chi connectivity index (χ0n) is 15.8. The van der Waals surface area contributed by atoms with Crippen LogP contribution in [0.1, 0.15) is 5.82 Å². The second-order valence-electron chi connectivity index (χ2n) is 5.70. The number of nitrogens with one attached hydrogen (secondary N) is 2. The van der Waals surface area contributed by atoms with Gasteiger partial charge in [-0.05, 0) is 24.3 Å². The third-order valence-corrected chi connectivity index (χ3v) is 4.16. The Kier molecular flexibility index (Phi) is 7.28. The van der Waals surface area contributed by atoms with E-state index in [9.17, 15) is 0 Å². The Morgan fingerprint density at radius 2 is 1.85 bits per heavy atom. The molecule has 144 valence electrons. The van der Waals surface area contributed by atoms with Crippen LogP contribution in [0.15, 0.2) is 47.5 Å². The zero-order chi connectivity index (χ0) is 18.5. The normalized spacial score (nSPS) is 11.0. The van der Waals surface area contributed by atoms with Crippen molar-refractivity contribution in [2.24, 2.45) is 12.0 Å². The lowest BCUT2D eigenvalue weighted by molar-refractivity contribution is 0.355. The number of imidazole rings is 1. The van der Waals surface area contributed by atoms with Gasteiger partial charge in [0.25, 0.3) is 0 Å². The molecule has 3 aromatic rings. The molecule has 7 nitrogen and oxygen atoms in total. The van der Waals surface area contributed by atoms with Crippen molar-refractivity contribution in [1.29, 1.82) is 0 Å². The maximum absolute atomic E-state index is 5.33. The fourth-order valence-corrected chi connectivity index (χ4v) is 2.75. The van der Waals surface area contributed by atoms with Crippen molar-refractivity contribution < 1.29 is 9.47 Å². The van der Waals surface area contributed by atoms with Gasteiger partial charge in [-0.3, -0.25) is 4.99 Å². The molecule has 0 spiro atoms. The largest absolute Gasteiger partial charge is 0.493 e. The standard InChI is InChI=1S/C19H23N5O2.HI/c1-20-19(22-13-9-10-16(25-3)17(11-13)26-4)21-12-18-23-14-7-5-6-8-15(14)24(18)2;/h5-11H,12H2,1-4H3,(H2,20,21,22);1H. The molecule has 8 heteroatoms. The van der Waals surface area contributed by atoms with Crippen molar-refractivity contribution in [2.45, 2.75) is 6.54 Å². The van der Waals surface area contributed by atoms with Crippen LogP contribution in [0.25, 0.3) is 11.0 Å². The highest BCUT2D eigenvalue weighted by atomic mass is 127. The molecule has 0 saturated carbocycles. The third-order valence-electron chi connectivity index (χ3n) is 4.16. The summed E-state index contributed by atoms with van der Waals surface area (Å²) in [5.41, 5.74) is 2.93. The summed E-state index contributed by atoms with van der Waals surface area (Å²) in [4.78, 5) is 8.92. The van der Waals surface area contributed by atoms with E-state index in [1.54, 1.807) is 21.3 Å². The number of fused-ring (bicyclic) bond motifs is 1. The van der Waals surface area contributed by atoms with Gasteiger partial charge in [-0.15, -0.1) is 24.0 Å². The summed E-state index contributed by atoms with van der Waals surface area (Å²) in [6.07, 6.45) is 0. The second kappa shape index (κ2) is 9.45. The van der Waals surface area contributed by atoms with E-state index in [4.69, 9.17) is 9.47 Å². The molecule has 0 atom stereocenters. The van der Waals surface area contributed by atoms with E-state index in [0.29, 0.717) is 24.0 Å². The Hall–Kier alpha value is -2.49. The molecule has 0 unspecified atom stereocenters. The van der Waals surface area contributed by atoms with Crippen molar-refractivity contribution in [2.75, 3.05) is 26.6 Å². The van der Waals surface area contributed by atoms with Crippen LogP contribution in [0, 0.1) is 0 Å². The predicted octanol–water partition coefficient (Wildman–Crippen LogP) is 3.40. The molecule has 3 rings (SSSR count). The van der Waals surface area contributed by atoms with Crippen LogP contribution in [-0.2, 0) is 13.6 Å². The lowest BCUT2D eigenvalue weighted by Gasteiger charge is -2.14. The monoisotopic (exact) mass is 481 g/mol. The second-order valence-corrected chi connectivity index (χ2v) is 5.70. The van der Waals surface area contributed by atoms with E-state index in [0.717, 1.165) is 22.5 Å². The maximum atomic E-state index is 5.33. The summed E-state index contributed by atoms with van der Waals surface area (Å²) in [6.45, 7) is 0.554. The van der Waals surface area contributed by atoms with Gasteiger partial charge in [-0.1, -0.05) is 12.1 Å². The first-order chi connectivity index (χ1) is 12.7. The molecule has 0 radical (unpaired) electrons. The van der Waals surface area contributed by atoms with Crippen LogP contribution >= 0.6 is 24.0 Å². The summed E-state index contributed by atoms with van der Waals surface area (Å²) >= 11 is 0. The van der Waals surface area contributed by atoms with Gasteiger partial charge in [0.05, 0.1) is 31.8 Å². The predicted molar refractivity (Wildman–Crippen MR) is 119 cm³/mol. The van der Waals surface area contributed by atoms with Crippen molar-refractivity contribution in [1.82, 2.24) is 14.9 Å². The molecular weight excluding hydrogens is 457 g/mol. The number of aryl methyl sites for hydroxylation is 1. The summed E-state index contributed by atoms with van der Waals surface area (Å²) in [5, 5.41) is 6.53. The van der Waals surface area contributed by atoms with Crippen LogP contribution < -0.4 is 20.1 Å². The van der Waals surface area contributed by atoms with E-state index in [1.165, 1.54) is 0 Å². The number of nitrogens with zero attached hydrogens (tertiary/aromatic N) is 3. The van der Waals surface area contributed by atoms with Crippen molar-refractivity contribution in [3.05, 3.63) is 48.3 Å². The van der Waals surface area contributed by atoms with E-state index in [-0.39, 0.29) is 24.0 Å². The lowest BCUT2D eigenvalue weighted by atomic mass is 10.3. The number of rotatable bonds is 5. The van der Waals surface area contributed by atoms with Crippen molar-refractivity contribution in [3.63, 3.8) is 0 Å². The van der Waals surface area contributed by atoms with E-state index < -0.39 is 0 Å². The number of aromatic nitrogens is 2. The van der Waals surface area contributed by atoms with Gasteiger partial charge < -0.3 is 24.7 Å². The smallest absolute Gasteiger partial charge is 0.195 e. The van der Waals surface area contributed by atoms with Crippen molar-refractivity contribution >= 4 is 46.7 Å². The van der Waals surface area contributed by atoms with E-state index in [2.05, 4.69) is 31.2 Å². The van der Waals surface area contributed by atoms with Gasteiger partial charge in [0, 0.05) is 25.8 Å². The number of methoxy groups -OCH3 is 2. The number of benzene rings is 2. The molecule has 2 aromatic carbocycles. The maximum Gasteiger partial charge on any atom is 0.195 e. The Morgan fingerprint density at radius 3 is 2.52 bits per heavy atom. The quantitative estimate of drug-likeness (QED) is 0.332. The van der Waals surface area contributed by atoms with Crippen LogP contribution in [0.2, 0.25) is 0 Å². The fraction of sp³-hybridized carbons (Fsp3) is 0.263. The molecule has 0 saturated heterocycles. The Balaban J connectivity index is 0.00000261. The topological polar surface area (TPSA) is 72.7 Å². The first-order valence-electron chi connectivity index (χ1n) is 8.26. The molecule has 0 aliphatic carbocycles. The Morgan fingerprint density at radius 1 is 1.11 bits per heavy atom. The molecule has 2 N–H and O–H groups in total. The third kappa shape index (κ3) is 4.62. The lowest BCUT2D eigenvalue weighted by Crippen LogP contribution is -2.31. The minimum atomic E-state index is 0. The van der Waals surface area contributed by atoms with Gasteiger partial charge in [0.1, 0.15) is 5.82 Å². The first kappa shape index (κ1) is 20.8. The van der Waals surface area contributed by atoms with Gasteiger partial charge in [0.2, 0.25) is 0 Å². The summed E-state index contributed by atoms with van der Waals surface area (Å²) < 4.78 is 12.7. The highest BCUT2D eigenvalue weighted by molar-refractivity contribution is 14.0. The molecule has 0 fully saturated rings. The minimum absolute atomic E-state index is 0. The number of para-hydroxylation sites is 2. The number of anilines is 1. The summed E-state index contributed by atoms with van der Waals surface area (Å²) in [6, 6.07) is 13.7. The summed E-state index contributed by atoms with van der Waals surface area (Å²) in [7, 11) is 6.96. The number of halogens is 1. The number of ether oxygens (including phenoxy) is 2. The highest BCUT2D eigenvalue weighted by Gasteiger charge is 2.09. The molecule has 0 bridgehead atoms. The van der Waals surface area contributed by atoms with Gasteiger partial charge in [0.15, 0.2) is 17.5 Å². The number of guanidine groups is 1. The van der Waals surface area contributed by atoms with Gasteiger partial charge >= 0.3 is 0 Å². The zero-order valence-corrected chi connectivity index (χ0v) is 18.1. The molecular formula is C19H24IN5O2. The van der Waals surface area contributed by atoms with Gasteiger partial charge in [-0.25, -0.2) is 4.98 Å². The molecule has 0 aliphatic rings. The highest BCUT2D eigenvalue weighted by Crippen LogP contribution is 2.29. The number of hydrogen-bond donors (Lipinski definition) is 2. The van der Waals surface area contributed by atoms with E-state index >= 15 is 0 Å². The van der Waals surface area contributed by atoms with Crippen LogP contribution in [0.4, 0.5) is 5.69 Å². The van der Waals surface area contributed by atoms with E-state index in [1.807, 2.05) is 43.4 Å². The van der Waals surface area contributed by atoms with Crippen LogP contribution in [0.5, 0.6) is 11.5 Å². The number of aliphatic imine (C=N–C) groups is 1. The molecule has 1 aromatic heterocycles. The molecule has 27 heavy (non-hydrogen) atoms. The van der Waals surface area contributed by atoms with Crippen molar-refractivity contribution in [3.8, 4) is 11.5 Å². The first-order valence-corrected chi connectivity index (χ1v) is 8.26. The Bertz CT molecular complexity index is 939. The SMILES string of the molecule is CN=C(NCc1nc2ccccc2n1C)Nc1ccc(OC)c(OC)c1.I. The van der Waals surface area contributed by atoms with Crippen LogP contribution in [-0.4, -0.2) is 36.8 Å². The summed E-state index contributed by atoms with van der Waals surface area (Å²) in [5.74, 6) is 2.91. The van der Waals surface area contributed by atoms with Gasteiger partial charge in [-0.2, -0.15) is 0 Å². The molecule has 0 amide bonds. The van der Waals surface area contributed by atoms with Crippen LogP contribution in [0.3, 0.4) is 0 Å². The average Bonchev–Trinajstić information content (AvgIpc) is 3.01. The minimum Gasteiger partial charge on any atom is -0.493 e. The Labute approximate surface area is 175 Å². The molecule has 0 aliphatic heterocycles. The average molecular weight is 481 g/mol. The molecule has 1 heterocycles. The fourth-order valence-electron chi connectivity index (χ4n) is 2.75. The number of hydrogen-bond acceptors (Lipinski definition) is 4.